The van der Waals surface area contributed by atoms with E-state index in [0.29, 0.717) is 11.5 Å². The molecule has 2 heteroatoms. The molecule has 96 valence electrons. The monoisotopic (exact) mass is 236 g/mol. The standard InChI is InChI=1S/C15H24O2/c1-10(2)14(16)17-15(5,6)13-8-7-11(3)12(4)9-13/h13H,1,7-9H2,2-6H3. The van der Waals surface area contributed by atoms with Crippen LogP contribution in [0.5, 0.6) is 0 Å². The summed E-state index contributed by atoms with van der Waals surface area (Å²) >= 11 is 0. The molecule has 0 radical (unpaired) electrons. The first-order valence-corrected chi connectivity index (χ1v) is 6.28. The zero-order valence-corrected chi connectivity index (χ0v) is 11.7. The highest BCUT2D eigenvalue weighted by atomic mass is 16.6. The molecule has 0 saturated carbocycles. The van der Waals surface area contributed by atoms with Crippen molar-refractivity contribution < 1.29 is 9.53 Å². The van der Waals surface area contributed by atoms with Gasteiger partial charge in [-0.1, -0.05) is 17.7 Å². The molecule has 1 atom stereocenters. The molecule has 0 amide bonds. The van der Waals surface area contributed by atoms with Crippen LogP contribution in [-0.2, 0) is 9.53 Å². The summed E-state index contributed by atoms with van der Waals surface area (Å²) in [7, 11) is 0. The van der Waals surface area contributed by atoms with Crippen molar-refractivity contribution in [3.63, 3.8) is 0 Å². The molecule has 17 heavy (non-hydrogen) atoms. The lowest BCUT2D eigenvalue weighted by Crippen LogP contribution is -2.38. The first-order valence-electron chi connectivity index (χ1n) is 6.28. The van der Waals surface area contributed by atoms with E-state index in [-0.39, 0.29) is 5.97 Å². The summed E-state index contributed by atoms with van der Waals surface area (Å²) in [5.74, 6) is 0.133. The average molecular weight is 236 g/mol. The maximum Gasteiger partial charge on any atom is 0.333 e. The van der Waals surface area contributed by atoms with E-state index in [2.05, 4.69) is 20.4 Å². The third-order valence-corrected chi connectivity index (χ3v) is 3.84. The van der Waals surface area contributed by atoms with Crippen LogP contribution in [0.15, 0.2) is 23.3 Å². The van der Waals surface area contributed by atoms with Crippen LogP contribution in [0.1, 0.15) is 53.9 Å². The van der Waals surface area contributed by atoms with E-state index in [1.54, 1.807) is 6.92 Å². The van der Waals surface area contributed by atoms with Crippen molar-refractivity contribution in [1.82, 2.24) is 0 Å². The van der Waals surface area contributed by atoms with Gasteiger partial charge in [0.25, 0.3) is 0 Å². The lowest BCUT2D eigenvalue weighted by atomic mass is 9.76. The molecule has 2 nitrogen and oxygen atoms in total. The minimum Gasteiger partial charge on any atom is -0.456 e. The average Bonchev–Trinajstić information content (AvgIpc) is 2.21. The lowest BCUT2D eigenvalue weighted by Gasteiger charge is -2.37. The summed E-state index contributed by atoms with van der Waals surface area (Å²) in [6, 6.07) is 0. The summed E-state index contributed by atoms with van der Waals surface area (Å²) in [6.07, 6.45) is 3.24. The van der Waals surface area contributed by atoms with Gasteiger partial charge in [-0.05, 0) is 53.9 Å². The van der Waals surface area contributed by atoms with Gasteiger partial charge >= 0.3 is 5.97 Å². The van der Waals surface area contributed by atoms with E-state index >= 15 is 0 Å². The quantitative estimate of drug-likeness (QED) is 0.420. The highest BCUT2D eigenvalue weighted by Crippen LogP contribution is 2.37. The first kappa shape index (κ1) is 14.0. The molecule has 0 aromatic heterocycles. The predicted octanol–water partition coefficient (Wildman–Crippen LogP) is 4.02. The smallest absolute Gasteiger partial charge is 0.333 e. The van der Waals surface area contributed by atoms with Crippen molar-refractivity contribution >= 4 is 5.97 Å². The Morgan fingerprint density at radius 1 is 1.35 bits per heavy atom. The first-order chi connectivity index (χ1) is 7.74. The van der Waals surface area contributed by atoms with Crippen LogP contribution in [-0.4, -0.2) is 11.6 Å². The normalized spacial score (nSPS) is 21.4. The number of hydrogen-bond acceptors (Lipinski definition) is 2. The fourth-order valence-electron chi connectivity index (χ4n) is 2.25. The van der Waals surface area contributed by atoms with Crippen LogP contribution >= 0.6 is 0 Å². The maximum absolute atomic E-state index is 11.6. The molecule has 0 spiro atoms. The van der Waals surface area contributed by atoms with Crippen molar-refractivity contribution in [2.24, 2.45) is 5.92 Å². The molecule has 0 fully saturated rings. The molecule has 1 aliphatic carbocycles. The van der Waals surface area contributed by atoms with Crippen molar-refractivity contribution in [1.29, 1.82) is 0 Å². The third kappa shape index (κ3) is 3.45. The zero-order valence-electron chi connectivity index (χ0n) is 11.7. The second-order valence-electron chi connectivity index (χ2n) is 5.77. The van der Waals surface area contributed by atoms with Gasteiger partial charge in [-0.3, -0.25) is 0 Å². The molecule has 0 aromatic rings. The third-order valence-electron chi connectivity index (χ3n) is 3.84. The van der Waals surface area contributed by atoms with E-state index in [1.165, 1.54) is 11.1 Å². The van der Waals surface area contributed by atoms with Crippen LogP contribution in [0.4, 0.5) is 0 Å². The molecule has 0 aliphatic heterocycles. The molecule has 0 bridgehead atoms. The molecule has 0 aromatic carbocycles. The maximum atomic E-state index is 11.6. The highest BCUT2D eigenvalue weighted by Gasteiger charge is 2.35. The Morgan fingerprint density at radius 3 is 2.41 bits per heavy atom. The van der Waals surface area contributed by atoms with Crippen LogP contribution < -0.4 is 0 Å². The number of esters is 1. The van der Waals surface area contributed by atoms with Crippen molar-refractivity contribution in [3.05, 3.63) is 23.3 Å². The molecule has 0 N–H and O–H groups in total. The van der Waals surface area contributed by atoms with Crippen molar-refractivity contribution in [2.75, 3.05) is 0 Å². The summed E-state index contributed by atoms with van der Waals surface area (Å²) < 4.78 is 5.56. The number of carbonyl (C=O) groups excluding carboxylic acids is 1. The minimum absolute atomic E-state index is 0.279. The van der Waals surface area contributed by atoms with Gasteiger partial charge in [0.15, 0.2) is 0 Å². The number of carbonyl (C=O) groups is 1. The van der Waals surface area contributed by atoms with Crippen LogP contribution in [0, 0.1) is 5.92 Å². The SMILES string of the molecule is C=C(C)C(=O)OC(C)(C)C1CCC(C)=C(C)C1. The number of ether oxygens (including phenoxy) is 1. The van der Waals surface area contributed by atoms with E-state index < -0.39 is 5.60 Å². The van der Waals surface area contributed by atoms with Crippen LogP contribution in [0.2, 0.25) is 0 Å². The largest absolute Gasteiger partial charge is 0.456 e. The molecule has 0 heterocycles. The van der Waals surface area contributed by atoms with Crippen LogP contribution in [0.3, 0.4) is 0 Å². The lowest BCUT2D eigenvalue weighted by molar-refractivity contribution is -0.157. The van der Waals surface area contributed by atoms with Crippen molar-refractivity contribution in [2.45, 2.75) is 59.5 Å². The second kappa shape index (κ2) is 5.07. The molecule has 1 aliphatic rings. The zero-order chi connectivity index (χ0) is 13.2. The molecular formula is C15H24O2. The van der Waals surface area contributed by atoms with E-state index in [0.717, 1.165) is 19.3 Å². The second-order valence-corrected chi connectivity index (χ2v) is 5.77. The summed E-state index contributed by atoms with van der Waals surface area (Å²) in [6.45, 7) is 13.7. The van der Waals surface area contributed by atoms with Gasteiger partial charge in [0.05, 0.1) is 0 Å². The summed E-state index contributed by atoms with van der Waals surface area (Å²) in [4.78, 5) is 11.6. The Morgan fingerprint density at radius 2 is 1.94 bits per heavy atom. The Hall–Kier alpha value is -1.05. The topological polar surface area (TPSA) is 26.3 Å². The van der Waals surface area contributed by atoms with Crippen LogP contribution in [0.25, 0.3) is 0 Å². The Labute approximate surface area is 105 Å². The van der Waals surface area contributed by atoms with Gasteiger partial charge in [-0.15, -0.1) is 0 Å². The number of hydrogen-bond donors (Lipinski definition) is 0. The number of rotatable bonds is 3. The highest BCUT2D eigenvalue weighted by molar-refractivity contribution is 5.87. The summed E-state index contributed by atoms with van der Waals surface area (Å²) in [5.41, 5.74) is 3.00. The van der Waals surface area contributed by atoms with Gasteiger partial charge in [0, 0.05) is 11.5 Å². The fourth-order valence-corrected chi connectivity index (χ4v) is 2.25. The Kier molecular flexibility index (Phi) is 4.18. The summed E-state index contributed by atoms with van der Waals surface area (Å²) in [5, 5.41) is 0. The van der Waals surface area contributed by atoms with Gasteiger partial charge in [-0.2, -0.15) is 0 Å². The van der Waals surface area contributed by atoms with Crippen molar-refractivity contribution in [3.8, 4) is 0 Å². The molecule has 1 unspecified atom stereocenters. The van der Waals surface area contributed by atoms with E-state index in [9.17, 15) is 4.79 Å². The molecule has 1 rings (SSSR count). The van der Waals surface area contributed by atoms with Gasteiger partial charge in [-0.25, -0.2) is 4.79 Å². The van der Waals surface area contributed by atoms with Gasteiger partial charge in [0.2, 0.25) is 0 Å². The van der Waals surface area contributed by atoms with Gasteiger partial charge in [0.1, 0.15) is 5.60 Å². The van der Waals surface area contributed by atoms with E-state index in [4.69, 9.17) is 4.74 Å². The number of allylic oxidation sites excluding steroid dienone is 2. The fraction of sp³-hybridized carbons (Fsp3) is 0.667. The Bertz CT molecular complexity index is 361. The van der Waals surface area contributed by atoms with Gasteiger partial charge < -0.3 is 4.74 Å². The molecular weight excluding hydrogens is 212 g/mol. The Balaban J connectivity index is 2.72. The molecule has 0 saturated heterocycles. The van der Waals surface area contributed by atoms with E-state index in [1.807, 2.05) is 13.8 Å². The predicted molar refractivity (Wildman–Crippen MR) is 70.7 cm³/mol. The minimum atomic E-state index is -0.405.